The van der Waals surface area contributed by atoms with Gasteiger partial charge in [-0.3, -0.25) is 4.79 Å². The molecule has 1 aromatic heterocycles. The number of carbonyl (C=O) groups is 1. The minimum atomic E-state index is -0.333. The molecule has 2 aromatic carbocycles. The van der Waals surface area contributed by atoms with Crippen LogP contribution in [0.4, 0.5) is 4.39 Å². The van der Waals surface area contributed by atoms with Gasteiger partial charge in [0.25, 0.3) is 5.91 Å². The van der Waals surface area contributed by atoms with Crippen molar-refractivity contribution in [2.24, 2.45) is 0 Å². The number of benzene rings is 2. The number of aromatic nitrogens is 2. The number of ether oxygens (including phenoxy) is 2. The molecule has 0 radical (unpaired) electrons. The molecule has 6 nitrogen and oxygen atoms in total. The topological polar surface area (TPSA) is 67.5 Å². The molecule has 28 heavy (non-hydrogen) atoms. The molecule has 1 amide bonds. The Balaban J connectivity index is 1.80. The SMILES string of the molecule is Cc1nc2c(O[C@H]3CCOc4cc(F)cc(C)c43)cc(C(=O)N(C)C)cc2[nH]1. The summed E-state index contributed by atoms with van der Waals surface area (Å²) < 4.78 is 25.7. The third-order valence-corrected chi connectivity index (χ3v) is 4.87. The Morgan fingerprint density at radius 1 is 1.29 bits per heavy atom. The molecule has 1 N–H and O–H groups in total. The summed E-state index contributed by atoms with van der Waals surface area (Å²) >= 11 is 0. The minimum Gasteiger partial charge on any atom is -0.493 e. The highest BCUT2D eigenvalue weighted by atomic mass is 19.1. The number of rotatable bonds is 3. The van der Waals surface area contributed by atoms with Gasteiger partial charge in [0, 0.05) is 37.7 Å². The number of hydrogen-bond donors (Lipinski definition) is 1. The molecule has 3 aromatic rings. The van der Waals surface area contributed by atoms with Gasteiger partial charge < -0.3 is 19.4 Å². The highest BCUT2D eigenvalue weighted by Crippen LogP contribution is 2.39. The fourth-order valence-electron chi connectivity index (χ4n) is 3.63. The first-order valence-electron chi connectivity index (χ1n) is 9.15. The molecule has 0 spiro atoms. The van der Waals surface area contributed by atoms with Crippen molar-refractivity contribution < 1.29 is 18.7 Å². The van der Waals surface area contributed by atoms with E-state index in [4.69, 9.17) is 9.47 Å². The summed E-state index contributed by atoms with van der Waals surface area (Å²) in [5.74, 6) is 1.31. The Hall–Kier alpha value is -3.09. The van der Waals surface area contributed by atoms with Gasteiger partial charge in [-0.2, -0.15) is 0 Å². The molecule has 1 aliphatic heterocycles. The van der Waals surface area contributed by atoms with Gasteiger partial charge in [0.2, 0.25) is 0 Å². The van der Waals surface area contributed by atoms with Gasteiger partial charge >= 0.3 is 0 Å². The van der Waals surface area contributed by atoms with Gasteiger partial charge in [0.15, 0.2) is 0 Å². The van der Waals surface area contributed by atoms with E-state index >= 15 is 0 Å². The molecule has 0 saturated heterocycles. The smallest absolute Gasteiger partial charge is 0.253 e. The summed E-state index contributed by atoms with van der Waals surface area (Å²) in [6.07, 6.45) is 0.310. The molecule has 4 rings (SSSR count). The van der Waals surface area contributed by atoms with E-state index < -0.39 is 0 Å². The highest BCUT2D eigenvalue weighted by Gasteiger charge is 2.27. The number of hydrogen-bond acceptors (Lipinski definition) is 4. The molecule has 0 unspecified atom stereocenters. The summed E-state index contributed by atoms with van der Waals surface area (Å²) in [5, 5.41) is 0. The van der Waals surface area contributed by atoms with Gasteiger partial charge in [0.05, 0.1) is 12.1 Å². The van der Waals surface area contributed by atoms with E-state index in [0.29, 0.717) is 35.6 Å². The Morgan fingerprint density at radius 3 is 2.82 bits per heavy atom. The van der Waals surface area contributed by atoms with Gasteiger partial charge in [-0.25, -0.2) is 9.37 Å². The van der Waals surface area contributed by atoms with Crippen LogP contribution in [0.1, 0.15) is 39.8 Å². The first-order chi connectivity index (χ1) is 13.3. The van der Waals surface area contributed by atoms with Crippen LogP contribution in [0.15, 0.2) is 24.3 Å². The van der Waals surface area contributed by atoms with Crippen molar-refractivity contribution >= 4 is 16.9 Å². The second-order valence-electron chi connectivity index (χ2n) is 7.27. The van der Waals surface area contributed by atoms with Crippen LogP contribution in [-0.2, 0) is 0 Å². The first kappa shape index (κ1) is 18.3. The number of imidazole rings is 1. The maximum Gasteiger partial charge on any atom is 0.253 e. The first-order valence-corrected chi connectivity index (χ1v) is 9.15. The molecule has 0 saturated carbocycles. The Labute approximate surface area is 162 Å². The van der Waals surface area contributed by atoms with Gasteiger partial charge in [-0.05, 0) is 37.6 Å². The predicted molar refractivity (Wildman–Crippen MR) is 103 cm³/mol. The lowest BCUT2D eigenvalue weighted by Gasteiger charge is -2.28. The molecule has 2 heterocycles. The summed E-state index contributed by atoms with van der Waals surface area (Å²) in [6, 6.07) is 6.37. The fourth-order valence-corrected chi connectivity index (χ4v) is 3.63. The zero-order valence-electron chi connectivity index (χ0n) is 16.3. The van der Waals surface area contributed by atoms with E-state index in [-0.39, 0.29) is 17.8 Å². The number of amides is 1. The lowest BCUT2D eigenvalue weighted by Crippen LogP contribution is -2.22. The van der Waals surface area contributed by atoms with Crippen LogP contribution in [-0.4, -0.2) is 41.5 Å². The molecule has 1 aliphatic rings. The van der Waals surface area contributed by atoms with E-state index in [0.717, 1.165) is 22.5 Å². The average molecular weight is 383 g/mol. The molecule has 146 valence electrons. The molecule has 0 bridgehead atoms. The van der Waals surface area contributed by atoms with Crippen molar-refractivity contribution in [3.05, 3.63) is 52.6 Å². The molecule has 1 atom stereocenters. The van der Waals surface area contributed by atoms with Crippen LogP contribution in [0.3, 0.4) is 0 Å². The van der Waals surface area contributed by atoms with Crippen LogP contribution in [0.2, 0.25) is 0 Å². The number of nitrogens with zero attached hydrogens (tertiary/aromatic N) is 2. The summed E-state index contributed by atoms with van der Waals surface area (Å²) in [4.78, 5) is 21.7. The standard InChI is InChI=1S/C21H22FN3O3/c1-11-7-14(22)10-17-19(11)16(5-6-27-17)28-18-9-13(21(26)25(3)4)8-15-20(18)24-12(2)23-15/h7-10,16H,5-6H2,1-4H3,(H,23,24)/t16-/m0/s1. The number of aromatic amines is 1. The largest absolute Gasteiger partial charge is 0.493 e. The third kappa shape index (κ3) is 3.17. The van der Waals surface area contributed by atoms with Gasteiger partial charge in [-0.1, -0.05) is 0 Å². The maximum atomic E-state index is 13.8. The van der Waals surface area contributed by atoms with Crippen molar-refractivity contribution in [3.8, 4) is 11.5 Å². The van der Waals surface area contributed by atoms with E-state index in [2.05, 4.69) is 9.97 Å². The van der Waals surface area contributed by atoms with Crippen molar-refractivity contribution in [2.75, 3.05) is 20.7 Å². The Morgan fingerprint density at radius 2 is 2.07 bits per heavy atom. The van der Waals surface area contributed by atoms with Crippen molar-refractivity contribution in [1.29, 1.82) is 0 Å². The zero-order chi connectivity index (χ0) is 20.0. The number of carbonyl (C=O) groups excluding carboxylic acids is 1. The van der Waals surface area contributed by atoms with Crippen molar-refractivity contribution in [2.45, 2.75) is 26.4 Å². The quantitative estimate of drug-likeness (QED) is 0.744. The second-order valence-corrected chi connectivity index (χ2v) is 7.27. The van der Waals surface area contributed by atoms with Crippen LogP contribution < -0.4 is 9.47 Å². The van der Waals surface area contributed by atoms with E-state index in [1.54, 1.807) is 26.2 Å². The average Bonchev–Trinajstić information content (AvgIpc) is 3.01. The van der Waals surface area contributed by atoms with Crippen LogP contribution in [0.25, 0.3) is 11.0 Å². The summed E-state index contributed by atoms with van der Waals surface area (Å²) in [5.41, 5.74) is 3.52. The van der Waals surface area contributed by atoms with Crippen molar-refractivity contribution in [1.82, 2.24) is 14.9 Å². The minimum absolute atomic E-state index is 0.121. The zero-order valence-corrected chi connectivity index (χ0v) is 16.3. The monoisotopic (exact) mass is 383 g/mol. The van der Waals surface area contributed by atoms with E-state index in [9.17, 15) is 9.18 Å². The van der Waals surface area contributed by atoms with Crippen molar-refractivity contribution in [3.63, 3.8) is 0 Å². The highest BCUT2D eigenvalue weighted by molar-refractivity contribution is 5.99. The van der Waals surface area contributed by atoms with E-state index in [1.807, 2.05) is 13.8 Å². The fraction of sp³-hybridized carbons (Fsp3) is 0.333. The summed E-state index contributed by atoms with van der Waals surface area (Å²) in [6.45, 7) is 4.13. The van der Waals surface area contributed by atoms with E-state index in [1.165, 1.54) is 17.0 Å². The van der Waals surface area contributed by atoms with Gasteiger partial charge in [-0.15, -0.1) is 0 Å². The number of H-pyrrole nitrogens is 1. The number of nitrogens with one attached hydrogen (secondary N) is 1. The molecule has 0 fully saturated rings. The van der Waals surface area contributed by atoms with Gasteiger partial charge in [0.1, 0.15) is 34.8 Å². The number of aryl methyl sites for hydroxylation is 2. The second kappa shape index (κ2) is 6.82. The number of fused-ring (bicyclic) bond motifs is 2. The maximum absolute atomic E-state index is 13.8. The Kier molecular flexibility index (Phi) is 4.45. The third-order valence-electron chi connectivity index (χ3n) is 4.87. The molecular weight excluding hydrogens is 361 g/mol. The normalized spacial score (nSPS) is 15.8. The Bertz CT molecular complexity index is 1070. The molecular formula is C21H22FN3O3. The van der Waals surface area contributed by atoms with Crippen LogP contribution in [0.5, 0.6) is 11.5 Å². The summed E-state index contributed by atoms with van der Waals surface area (Å²) in [7, 11) is 3.41. The molecule has 0 aliphatic carbocycles. The van der Waals surface area contributed by atoms with Crippen LogP contribution in [0, 0.1) is 19.7 Å². The lowest BCUT2D eigenvalue weighted by atomic mass is 9.97. The molecule has 7 heteroatoms. The number of halogens is 1. The lowest BCUT2D eigenvalue weighted by molar-refractivity contribution is 0.0826. The van der Waals surface area contributed by atoms with Crippen LogP contribution >= 0.6 is 0 Å². The predicted octanol–water partition coefficient (Wildman–Crippen LogP) is 3.92.